The molecule has 1 aliphatic rings. The lowest BCUT2D eigenvalue weighted by Gasteiger charge is -2.27. The number of nitrogens with zero attached hydrogens (tertiary/aromatic N) is 3. The van der Waals surface area contributed by atoms with E-state index in [9.17, 15) is 18.0 Å². The minimum Gasteiger partial charge on any atom is -0.385 e. The zero-order valence-electron chi connectivity index (χ0n) is 17.6. The molecular weight excluding hydrogens is 419 g/mol. The molecule has 166 valence electrons. The molecule has 0 radical (unpaired) electrons. The highest BCUT2D eigenvalue weighted by Crippen LogP contribution is 2.39. The molecule has 32 heavy (non-hydrogen) atoms. The maximum Gasteiger partial charge on any atom is 0.420 e. The molecule has 0 saturated carbocycles. The Morgan fingerprint density at radius 3 is 2.47 bits per heavy atom. The number of fused-ring (bicyclic) bond motifs is 1. The third kappa shape index (κ3) is 5.20. The first-order valence-corrected chi connectivity index (χ1v) is 9.92. The van der Waals surface area contributed by atoms with Gasteiger partial charge in [0.2, 0.25) is 0 Å². The number of ether oxygens (including phenoxy) is 1. The number of pyridine rings is 1. The average Bonchev–Trinajstić information content (AvgIpc) is 2.83. The van der Waals surface area contributed by atoms with Gasteiger partial charge in [-0.2, -0.15) is 18.3 Å². The highest BCUT2D eigenvalue weighted by Gasteiger charge is 2.37. The number of methoxy groups -OCH3 is 1. The number of hydrogen-bond donors (Lipinski definition) is 0. The third-order valence-corrected chi connectivity index (χ3v) is 4.72. The molecule has 3 aromatic rings. The van der Waals surface area contributed by atoms with Crippen molar-refractivity contribution in [2.24, 2.45) is 5.10 Å². The normalized spacial score (nSPS) is 13.7. The van der Waals surface area contributed by atoms with Crippen molar-refractivity contribution in [2.45, 2.75) is 19.5 Å². The van der Waals surface area contributed by atoms with E-state index in [0.717, 1.165) is 28.5 Å². The summed E-state index contributed by atoms with van der Waals surface area (Å²) in [7, 11) is 1.68. The molecule has 0 spiro atoms. The molecule has 0 fully saturated rings. The molecule has 8 heteroatoms. The Hall–Kier alpha value is -3.52. The fourth-order valence-corrected chi connectivity index (χ4v) is 3.12. The fourth-order valence-electron chi connectivity index (χ4n) is 3.12. The van der Waals surface area contributed by atoms with Crippen LogP contribution in [0, 0.1) is 0 Å². The Kier molecular flexibility index (Phi) is 7.37. The van der Waals surface area contributed by atoms with Crippen LogP contribution < -0.4 is 5.01 Å². The summed E-state index contributed by atoms with van der Waals surface area (Å²) in [5.74, 6) is -0.367. The Labute approximate surface area is 183 Å². The van der Waals surface area contributed by atoms with Crippen LogP contribution in [-0.4, -0.2) is 30.7 Å². The summed E-state index contributed by atoms with van der Waals surface area (Å²) >= 11 is 0. The van der Waals surface area contributed by atoms with Gasteiger partial charge < -0.3 is 4.74 Å². The van der Waals surface area contributed by atoms with Crippen LogP contribution in [0.5, 0.6) is 0 Å². The van der Waals surface area contributed by atoms with Crippen molar-refractivity contribution in [1.29, 1.82) is 0 Å². The van der Waals surface area contributed by atoms with E-state index in [0.29, 0.717) is 17.5 Å². The van der Waals surface area contributed by atoms with Crippen LogP contribution in [0.25, 0.3) is 16.5 Å². The zero-order valence-corrected chi connectivity index (χ0v) is 17.6. The minimum atomic E-state index is -4.60. The van der Waals surface area contributed by atoms with Gasteiger partial charge in [-0.1, -0.05) is 42.5 Å². The maximum absolute atomic E-state index is 13.5. The molecule has 2 heterocycles. The molecule has 0 unspecified atom stereocenters. The molecule has 5 nitrogen and oxygen atoms in total. The summed E-state index contributed by atoms with van der Waals surface area (Å²) in [5, 5.41) is 7.19. The molecule has 0 amide bonds. The summed E-state index contributed by atoms with van der Waals surface area (Å²) in [6.45, 7) is 2.78. The van der Waals surface area contributed by atoms with E-state index in [1.165, 1.54) is 12.3 Å². The molecule has 2 aromatic carbocycles. The molecule has 0 saturated heterocycles. The van der Waals surface area contributed by atoms with Gasteiger partial charge in [-0.15, -0.1) is 0 Å². The number of halogens is 3. The smallest absolute Gasteiger partial charge is 0.385 e. The average molecular weight is 441 g/mol. The number of allylic oxidation sites excluding steroid dienone is 1. The number of carbonyl (C=O) groups excluding carboxylic acids is 1. The first-order chi connectivity index (χ1) is 15.4. The van der Waals surface area contributed by atoms with Crippen molar-refractivity contribution in [2.75, 3.05) is 18.7 Å². The van der Waals surface area contributed by atoms with Gasteiger partial charge in [-0.3, -0.25) is 4.79 Å². The second-order valence-electron chi connectivity index (χ2n) is 6.83. The van der Waals surface area contributed by atoms with Crippen molar-refractivity contribution in [3.05, 3.63) is 78.0 Å². The molecule has 1 aromatic heterocycles. The number of rotatable bonds is 4. The standard InChI is InChI=1S/C21H14F3N3O.C3H8O/c22-21(23,24)18-6-3-11-25-20(18)27-19(10-9-17(13-28)26-27)16-8-7-14-4-1-2-5-15(14)12-16;1-3-4-2/h1-8,10-13H,9H2;3H2,1-2H3. The van der Waals surface area contributed by atoms with Gasteiger partial charge in [-0.05, 0) is 35.9 Å². The highest BCUT2D eigenvalue weighted by molar-refractivity contribution is 6.29. The molecule has 0 aliphatic carbocycles. The molecule has 0 atom stereocenters. The number of benzene rings is 2. The lowest BCUT2D eigenvalue weighted by Crippen LogP contribution is -2.25. The van der Waals surface area contributed by atoms with Crippen LogP contribution in [0.15, 0.2) is 72.0 Å². The molecular formula is C24H22F3N3O2. The van der Waals surface area contributed by atoms with Crippen molar-refractivity contribution in [3.8, 4) is 0 Å². The summed E-state index contributed by atoms with van der Waals surface area (Å²) in [6.07, 6.45) is -0.872. The SMILES string of the molecule is CCOC.O=CC1=NN(c2ncccc2C(F)(F)F)C(c2ccc3ccccc3c2)=CC1. The first kappa shape index (κ1) is 23.1. The van der Waals surface area contributed by atoms with E-state index in [4.69, 9.17) is 0 Å². The van der Waals surface area contributed by atoms with E-state index in [1.54, 1.807) is 13.2 Å². The minimum absolute atomic E-state index is 0.128. The van der Waals surface area contributed by atoms with Crippen LogP contribution in [-0.2, 0) is 15.7 Å². The Balaban J connectivity index is 0.000000668. The number of aromatic nitrogens is 1. The van der Waals surface area contributed by atoms with Gasteiger partial charge in [0.25, 0.3) is 0 Å². The van der Waals surface area contributed by atoms with Crippen molar-refractivity contribution in [1.82, 2.24) is 4.98 Å². The van der Waals surface area contributed by atoms with Gasteiger partial charge in [0.05, 0.1) is 5.70 Å². The van der Waals surface area contributed by atoms with Crippen LogP contribution in [0.2, 0.25) is 0 Å². The van der Waals surface area contributed by atoms with E-state index in [1.807, 2.05) is 49.4 Å². The predicted molar refractivity (Wildman–Crippen MR) is 119 cm³/mol. The van der Waals surface area contributed by atoms with Gasteiger partial charge in [0.1, 0.15) is 11.3 Å². The van der Waals surface area contributed by atoms with Crippen molar-refractivity contribution < 1.29 is 22.7 Å². The third-order valence-electron chi connectivity index (χ3n) is 4.72. The van der Waals surface area contributed by atoms with Gasteiger partial charge in [0, 0.05) is 31.9 Å². The molecule has 1 aliphatic heterocycles. The van der Waals surface area contributed by atoms with Gasteiger partial charge in [0.15, 0.2) is 12.1 Å². The largest absolute Gasteiger partial charge is 0.420 e. The Bertz CT molecular complexity index is 1150. The van der Waals surface area contributed by atoms with Crippen LogP contribution in [0.1, 0.15) is 24.5 Å². The number of aldehydes is 1. The van der Waals surface area contributed by atoms with Crippen LogP contribution >= 0.6 is 0 Å². The van der Waals surface area contributed by atoms with E-state index in [2.05, 4.69) is 14.8 Å². The summed E-state index contributed by atoms with van der Waals surface area (Å²) < 4.78 is 45.1. The topological polar surface area (TPSA) is 54.8 Å². The van der Waals surface area contributed by atoms with Gasteiger partial charge in [-0.25, -0.2) is 9.99 Å². The summed E-state index contributed by atoms with van der Waals surface area (Å²) in [6, 6.07) is 15.5. The molecule has 0 N–H and O–H groups in total. The summed E-state index contributed by atoms with van der Waals surface area (Å²) in [4.78, 5) is 15.1. The number of hydrazone groups is 1. The first-order valence-electron chi connectivity index (χ1n) is 9.92. The van der Waals surface area contributed by atoms with Crippen LogP contribution in [0.4, 0.5) is 19.0 Å². The molecule has 4 rings (SSSR count). The maximum atomic E-state index is 13.5. The Morgan fingerprint density at radius 1 is 1.09 bits per heavy atom. The monoisotopic (exact) mass is 441 g/mol. The van der Waals surface area contributed by atoms with E-state index in [-0.39, 0.29) is 18.0 Å². The zero-order chi connectivity index (χ0) is 23.1. The lowest BCUT2D eigenvalue weighted by atomic mass is 10.0. The number of alkyl halides is 3. The second-order valence-corrected chi connectivity index (χ2v) is 6.83. The second kappa shape index (κ2) is 10.2. The summed E-state index contributed by atoms with van der Waals surface area (Å²) in [5.41, 5.74) is 0.340. The number of anilines is 1. The Morgan fingerprint density at radius 2 is 1.81 bits per heavy atom. The predicted octanol–water partition coefficient (Wildman–Crippen LogP) is 5.71. The van der Waals surface area contributed by atoms with E-state index >= 15 is 0 Å². The lowest BCUT2D eigenvalue weighted by molar-refractivity contribution is -0.137. The fraction of sp³-hybridized carbons (Fsp3) is 0.208. The molecule has 0 bridgehead atoms. The van der Waals surface area contributed by atoms with Crippen molar-refractivity contribution in [3.63, 3.8) is 0 Å². The van der Waals surface area contributed by atoms with Crippen molar-refractivity contribution >= 4 is 34.3 Å². The highest BCUT2D eigenvalue weighted by atomic mass is 19.4. The number of hydrogen-bond acceptors (Lipinski definition) is 5. The van der Waals surface area contributed by atoms with Gasteiger partial charge >= 0.3 is 6.18 Å². The van der Waals surface area contributed by atoms with Crippen LogP contribution in [0.3, 0.4) is 0 Å². The van der Waals surface area contributed by atoms with E-state index < -0.39 is 11.7 Å². The quantitative estimate of drug-likeness (QED) is 0.487. The number of carbonyl (C=O) groups is 1.